The van der Waals surface area contributed by atoms with E-state index in [1.54, 1.807) is 36.2 Å². The van der Waals surface area contributed by atoms with Crippen molar-refractivity contribution >= 4 is 26.8 Å². The summed E-state index contributed by atoms with van der Waals surface area (Å²) in [5.41, 5.74) is 2.19. The van der Waals surface area contributed by atoms with Crippen molar-refractivity contribution in [2.75, 3.05) is 11.5 Å². The zero-order valence-electron chi connectivity index (χ0n) is 14.4. The molecule has 0 bridgehead atoms. The van der Waals surface area contributed by atoms with E-state index >= 15 is 0 Å². The average molecular weight is 374 g/mol. The van der Waals surface area contributed by atoms with Gasteiger partial charge in [-0.15, -0.1) is 0 Å². The second kappa shape index (κ2) is 5.94. The molecule has 1 fully saturated rings. The Morgan fingerprint density at radius 1 is 1.42 bits per heavy atom. The third-order valence-electron chi connectivity index (χ3n) is 4.55. The van der Waals surface area contributed by atoms with Crippen molar-refractivity contribution < 1.29 is 17.6 Å². The van der Waals surface area contributed by atoms with Crippen LogP contribution in [-0.2, 0) is 16.9 Å². The van der Waals surface area contributed by atoms with Crippen LogP contribution in [0.15, 0.2) is 28.9 Å². The van der Waals surface area contributed by atoms with Crippen LogP contribution in [0.2, 0.25) is 0 Å². The second-order valence-corrected chi connectivity index (χ2v) is 8.74. The van der Waals surface area contributed by atoms with Crippen molar-refractivity contribution in [3.8, 4) is 11.5 Å². The van der Waals surface area contributed by atoms with Crippen molar-refractivity contribution in [1.82, 2.24) is 20.1 Å². The maximum Gasteiger partial charge on any atom is 0.252 e. The molecule has 3 aromatic rings. The van der Waals surface area contributed by atoms with Crippen molar-refractivity contribution in [2.24, 2.45) is 7.05 Å². The lowest BCUT2D eigenvalue weighted by atomic mass is 10.1. The van der Waals surface area contributed by atoms with Crippen molar-refractivity contribution in [3.63, 3.8) is 0 Å². The summed E-state index contributed by atoms with van der Waals surface area (Å²) in [6, 6.07) is 4.80. The van der Waals surface area contributed by atoms with E-state index in [4.69, 9.17) is 4.42 Å². The molecule has 3 aromatic heterocycles. The fourth-order valence-corrected chi connectivity index (χ4v) is 5.02. The Kier molecular flexibility index (Phi) is 3.83. The molecule has 0 unspecified atom stereocenters. The van der Waals surface area contributed by atoms with Gasteiger partial charge in [0.1, 0.15) is 5.69 Å². The Bertz CT molecular complexity index is 1100. The number of furan rings is 1. The molecular weight excluding hydrogens is 356 g/mol. The number of aromatic nitrogens is 3. The Labute approximate surface area is 150 Å². The van der Waals surface area contributed by atoms with Crippen molar-refractivity contribution in [2.45, 2.75) is 19.4 Å². The molecule has 1 amide bonds. The number of fused-ring (bicyclic) bond motifs is 1. The summed E-state index contributed by atoms with van der Waals surface area (Å²) in [5, 5.41) is 7.85. The molecule has 0 spiro atoms. The van der Waals surface area contributed by atoms with Gasteiger partial charge in [0.15, 0.2) is 21.2 Å². The number of carbonyl (C=O) groups excluding carboxylic acids is 1. The zero-order chi connectivity index (χ0) is 18.5. The van der Waals surface area contributed by atoms with E-state index in [0.717, 1.165) is 0 Å². The molecule has 1 aliphatic rings. The van der Waals surface area contributed by atoms with Crippen LogP contribution in [0.25, 0.3) is 22.5 Å². The molecule has 1 aliphatic heterocycles. The van der Waals surface area contributed by atoms with Gasteiger partial charge in [-0.2, -0.15) is 5.10 Å². The summed E-state index contributed by atoms with van der Waals surface area (Å²) >= 11 is 0. The van der Waals surface area contributed by atoms with E-state index < -0.39 is 9.84 Å². The number of pyridine rings is 1. The third-order valence-corrected chi connectivity index (χ3v) is 6.32. The Morgan fingerprint density at radius 3 is 2.88 bits per heavy atom. The molecule has 1 atom stereocenters. The highest BCUT2D eigenvalue weighted by Crippen LogP contribution is 2.27. The molecule has 136 valence electrons. The lowest BCUT2D eigenvalue weighted by Gasteiger charge is -2.12. The van der Waals surface area contributed by atoms with Gasteiger partial charge in [0.25, 0.3) is 5.91 Å². The number of aryl methyl sites for hydroxylation is 2. The molecule has 0 saturated carbocycles. The van der Waals surface area contributed by atoms with Crippen molar-refractivity contribution in [1.29, 1.82) is 0 Å². The van der Waals surface area contributed by atoms with Gasteiger partial charge in [-0.05, 0) is 31.5 Å². The minimum atomic E-state index is -3.07. The summed E-state index contributed by atoms with van der Waals surface area (Å²) in [7, 11) is -1.31. The Balaban J connectivity index is 1.79. The van der Waals surface area contributed by atoms with Crippen LogP contribution in [-0.4, -0.2) is 46.6 Å². The molecule has 9 heteroatoms. The molecule has 1 N–H and O–H groups in total. The fraction of sp³-hybridized carbons (Fsp3) is 0.353. The normalized spacial score (nSPS) is 19.1. The van der Waals surface area contributed by atoms with Gasteiger partial charge >= 0.3 is 0 Å². The third kappa shape index (κ3) is 2.88. The maximum absolute atomic E-state index is 12.9. The van der Waals surface area contributed by atoms with Crippen LogP contribution < -0.4 is 5.32 Å². The number of carbonyl (C=O) groups is 1. The average Bonchev–Trinajstić information content (AvgIpc) is 3.28. The highest BCUT2D eigenvalue weighted by Gasteiger charge is 2.30. The quantitative estimate of drug-likeness (QED) is 0.744. The fourth-order valence-electron chi connectivity index (χ4n) is 3.35. The minimum absolute atomic E-state index is 0.0238. The van der Waals surface area contributed by atoms with Gasteiger partial charge in [-0.1, -0.05) is 0 Å². The first kappa shape index (κ1) is 16.8. The largest absolute Gasteiger partial charge is 0.463 e. The summed E-state index contributed by atoms with van der Waals surface area (Å²) < 4.78 is 30.3. The molecule has 0 aliphatic carbocycles. The lowest BCUT2D eigenvalue weighted by molar-refractivity contribution is 0.0942. The molecule has 0 radical (unpaired) electrons. The number of sulfone groups is 1. The first-order chi connectivity index (χ1) is 12.3. The number of nitrogens with one attached hydrogen (secondary N) is 1. The van der Waals surface area contributed by atoms with Gasteiger partial charge in [0, 0.05) is 13.1 Å². The number of rotatable bonds is 3. The Morgan fingerprint density at radius 2 is 2.23 bits per heavy atom. The monoisotopic (exact) mass is 374 g/mol. The molecule has 26 heavy (non-hydrogen) atoms. The van der Waals surface area contributed by atoms with E-state index in [0.29, 0.717) is 40.2 Å². The topological polar surface area (TPSA) is 107 Å². The van der Waals surface area contributed by atoms with Gasteiger partial charge in [0.2, 0.25) is 0 Å². The smallest absolute Gasteiger partial charge is 0.252 e. The number of amides is 1. The van der Waals surface area contributed by atoms with E-state index in [1.807, 2.05) is 6.92 Å². The van der Waals surface area contributed by atoms with Gasteiger partial charge in [0.05, 0.1) is 34.4 Å². The molecule has 1 saturated heterocycles. The summed E-state index contributed by atoms with van der Waals surface area (Å²) in [5.74, 6) is 0.295. The Hall–Kier alpha value is -2.68. The van der Waals surface area contributed by atoms with Crippen LogP contribution in [0.4, 0.5) is 0 Å². The molecule has 4 rings (SSSR count). The van der Waals surface area contributed by atoms with Crippen LogP contribution in [0, 0.1) is 6.92 Å². The van der Waals surface area contributed by atoms with E-state index in [-0.39, 0.29) is 23.5 Å². The van der Waals surface area contributed by atoms with E-state index in [9.17, 15) is 13.2 Å². The number of hydrogen-bond donors (Lipinski definition) is 1. The van der Waals surface area contributed by atoms with Crippen LogP contribution >= 0.6 is 0 Å². The predicted octanol–water partition coefficient (Wildman–Crippen LogP) is 1.45. The molecule has 4 heterocycles. The van der Waals surface area contributed by atoms with Gasteiger partial charge < -0.3 is 9.73 Å². The van der Waals surface area contributed by atoms with Gasteiger partial charge in [-0.25, -0.2) is 13.4 Å². The van der Waals surface area contributed by atoms with E-state index in [2.05, 4.69) is 15.4 Å². The van der Waals surface area contributed by atoms with Gasteiger partial charge in [-0.3, -0.25) is 9.48 Å². The predicted molar refractivity (Wildman–Crippen MR) is 95.5 cm³/mol. The van der Waals surface area contributed by atoms with Crippen LogP contribution in [0.1, 0.15) is 22.5 Å². The highest BCUT2D eigenvalue weighted by atomic mass is 32.2. The summed E-state index contributed by atoms with van der Waals surface area (Å²) in [4.78, 5) is 17.5. The molecular formula is C17H18N4O4S. The summed E-state index contributed by atoms with van der Waals surface area (Å²) in [6.45, 7) is 1.81. The minimum Gasteiger partial charge on any atom is -0.463 e. The van der Waals surface area contributed by atoms with Crippen molar-refractivity contribution in [3.05, 3.63) is 35.7 Å². The number of nitrogens with zero attached hydrogens (tertiary/aromatic N) is 3. The molecule has 8 nitrogen and oxygen atoms in total. The SMILES string of the molecule is Cc1nn(C)c2nc(-c3ccco3)cc(C(=O)N[C@@H]3CCS(=O)(=O)C3)c12. The number of hydrogen-bond acceptors (Lipinski definition) is 6. The van der Waals surface area contributed by atoms with Crippen LogP contribution in [0.3, 0.4) is 0 Å². The standard InChI is InChI=1S/C17H18N4O4S/c1-10-15-12(17(22)18-11-5-7-26(23,24)9-11)8-13(14-4-3-6-25-14)19-16(15)21(2)20-10/h3-4,6,8,11H,5,7,9H2,1-2H3,(H,18,22)/t11-/m1/s1. The second-order valence-electron chi connectivity index (χ2n) is 6.51. The zero-order valence-corrected chi connectivity index (χ0v) is 15.2. The highest BCUT2D eigenvalue weighted by molar-refractivity contribution is 7.91. The van der Waals surface area contributed by atoms with Crippen LogP contribution in [0.5, 0.6) is 0 Å². The summed E-state index contributed by atoms with van der Waals surface area (Å²) in [6.07, 6.45) is 1.97. The molecule has 0 aromatic carbocycles. The lowest BCUT2D eigenvalue weighted by Crippen LogP contribution is -2.35. The maximum atomic E-state index is 12.9. The first-order valence-electron chi connectivity index (χ1n) is 8.23. The first-order valence-corrected chi connectivity index (χ1v) is 10.1. The van der Waals surface area contributed by atoms with E-state index in [1.165, 1.54) is 0 Å².